The first-order chi connectivity index (χ1) is 8.36. The van der Waals surface area contributed by atoms with Crippen LogP contribution in [0.3, 0.4) is 0 Å². The van der Waals surface area contributed by atoms with Gasteiger partial charge in [0.1, 0.15) is 0 Å². The molecule has 2 heteroatoms. The lowest BCUT2D eigenvalue weighted by Gasteiger charge is -2.41. The number of benzene rings is 1. The average Bonchev–Trinajstić information content (AvgIpc) is 2.28. The monoisotopic (exact) mass is 249 g/mol. The van der Waals surface area contributed by atoms with Gasteiger partial charge in [-0.3, -0.25) is 4.84 Å². The summed E-state index contributed by atoms with van der Waals surface area (Å²) in [5, 5.41) is 2.15. The summed E-state index contributed by atoms with van der Waals surface area (Å²) in [6.07, 6.45) is 1.23. The molecule has 2 nitrogen and oxygen atoms in total. The summed E-state index contributed by atoms with van der Waals surface area (Å²) in [5.41, 5.74) is 1.30. The minimum atomic E-state index is -0.0131. The SMILES string of the molecule is CCC(c1ccccc1)N(OC(C)C)C(C)(C)C. The van der Waals surface area contributed by atoms with Gasteiger partial charge in [0.05, 0.1) is 12.1 Å². The Labute approximate surface area is 112 Å². The lowest BCUT2D eigenvalue weighted by Crippen LogP contribution is -2.45. The van der Waals surface area contributed by atoms with E-state index < -0.39 is 0 Å². The standard InChI is InChI=1S/C16H27NO/c1-7-15(14-11-9-8-10-12-14)17(16(4,5)6)18-13(2)3/h8-13,15H,7H2,1-6H3. The zero-order chi connectivity index (χ0) is 13.8. The Morgan fingerprint density at radius 1 is 1.11 bits per heavy atom. The van der Waals surface area contributed by atoms with Crippen LogP contribution >= 0.6 is 0 Å². The third-order valence-corrected chi connectivity index (χ3v) is 2.84. The van der Waals surface area contributed by atoms with Gasteiger partial charge in [-0.2, -0.15) is 5.06 Å². The molecule has 1 unspecified atom stereocenters. The van der Waals surface area contributed by atoms with Gasteiger partial charge in [0.2, 0.25) is 0 Å². The van der Waals surface area contributed by atoms with Crippen LogP contribution in [0.25, 0.3) is 0 Å². The van der Waals surface area contributed by atoms with Crippen LogP contribution in [0.5, 0.6) is 0 Å². The highest BCUT2D eigenvalue weighted by molar-refractivity contribution is 5.19. The van der Waals surface area contributed by atoms with E-state index in [1.54, 1.807) is 0 Å². The molecule has 0 radical (unpaired) electrons. The van der Waals surface area contributed by atoms with Crippen LogP contribution in [0.2, 0.25) is 0 Å². The van der Waals surface area contributed by atoms with Crippen molar-refractivity contribution < 1.29 is 4.84 Å². The molecule has 1 rings (SSSR count). The molecule has 0 N–H and O–H groups in total. The molecular weight excluding hydrogens is 222 g/mol. The first-order valence-electron chi connectivity index (χ1n) is 6.87. The summed E-state index contributed by atoms with van der Waals surface area (Å²) in [5.74, 6) is 0. The topological polar surface area (TPSA) is 12.5 Å². The third-order valence-electron chi connectivity index (χ3n) is 2.84. The number of hydroxylamine groups is 2. The Hall–Kier alpha value is -0.860. The third kappa shape index (κ3) is 4.11. The fourth-order valence-corrected chi connectivity index (χ4v) is 2.14. The van der Waals surface area contributed by atoms with Crippen molar-refractivity contribution in [3.8, 4) is 0 Å². The molecule has 1 atom stereocenters. The van der Waals surface area contributed by atoms with E-state index in [9.17, 15) is 0 Å². The molecule has 0 spiro atoms. The fraction of sp³-hybridized carbons (Fsp3) is 0.625. The maximum Gasteiger partial charge on any atom is 0.0737 e. The molecule has 0 aliphatic heterocycles. The highest BCUT2D eigenvalue weighted by atomic mass is 16.7. The van der Waals surface area contributed by atoms with Gasteiger partial charge in [0, 0.05) is 5.54 Å². The van der Waals surface area contributed by atoms with Crippen LogP contribution in [0, 0.1) is 0 Å². The minimum Gasteiger partial charge on any atom is -0.295 e. The maximum atomic E-state index is 6.06. The summed E-state index contributed by atoms with van der Waals surface area (Å²) in [7, 11) is 0. The second-order valence-electron chi connectivity index (χ2n) is 5.99. The largest absolute Gasteiger partial charge is 0.295 e. The van der Waals surface area contributed by atoms with Crippen LogP contribution in [-0.4, -0.2) is 16.7 Å². The molecule has 1 aromatic rings. The van der Waals surface area contributed by atoms with Crippen molar-refractivity contribution in [3.63, 3.8) is 0 Å². The van der Waals surface area contributed by atoms with Gasteiger partial charge in [0.15, 0.2) is 0 Å². The summed E-state index contributed by atoms with van der Waals surface area (Å²) >= 11 is 0. The van der Waals surface area contributed by atoms with Gasteiger partial charge in [-0.05, 0) is 46.6 Å². The van der Waals surface area contributed by atoms with E-state index in [1.165, 1.54) is 5.56 Å². The molecule has 0 saturated carbocycles. The molecule has 0 aromatic heterocycles. The van der Waals surface area contributed by atoms with Gasteiger partial charge >= 0.3 is 0 Å². The normalized spacial score (nSPS) is 14.2. The Kier molecular flexibility index (Phi) is 5.36. The highest BCUT2D eigenvalue weighted by Crippen LogP contribution is 2.31. The average molecular weight is 249 g/mol. The first-order valence-corrected chi connectivity index (χ1v) is 6.87. The van der Waals surface area contributed by atoms with Crippen LogP contribution in [0.15, 0.2) is 30.3 Å². The van der Waals surface area contributed by atoms with E-state index in [4.69, 9.17) is 4.84 Å². The molecule has 18 heavy (non-hydrogen) atoms. The number of hydrogen-bond donors (Lipinski definition) is 0. The molecule has 1 aromatic carbocycles. The molecule has 102 valence electrons. The number of nitrogens with zero attached hydrogens (tertiary/aromatic N) is 1. The van der Waals surface area contributed by atoms with E-state index in [-0.39, 0.29) is 11.6 Å². The van der Waals surface area contributed by atoms with E-state index >= 15 is 0 Å². The molecule has 0 amide bonds. The van der Waals surface area contributed by atoms with Crippen molar-refractivity contribution in [1.82, 2.24) is 5.06 Å². The maximum absolute atomic E-state index is 6.06. The van der Waals surface area contributed by atoms with Crippen LogP contribution in [0.4, 0.5) is 0 Å². The zero-order valence-electron chi connectivity index (χ0n) is 12.6. The summed E-state index contributed by atoms with van der Waals surface area (Å²) in [4.78, 5) is 6.06. The van der Waals surface area contributed by atoms with Gasteiger partial charge in [-0.15, -0.1) is 0 Å². The van der Waals surface area contributed by atoms with Gasteiger partial charge in [0.25, 0.3) is 0 Å². The molecule has 0 aliphatic carbocycles. The first kappa shape index (κ1) is 15.2. The lowest BCUT2D eigenvalue weighted by molar-refractivity contribution is -0.259. The van der Waals surface area contributed by atoms with Gasteiger partial charge in [-0.1, -0.05) is 37.3 Å². The van der Waals surface area contributed by atoms with Crippen molar-refractivity contribution in [1.29, 1.82) is 0 Å². The Morgan fingerprint density at radius 3 is 2.06 bits per heavy atom. The lowest BCUT2D eigenvalue weighted by atomic mass is 9.99. The number of hydrogen-bond acceptors (Lipinski definition) is 2. The predicted molar refractivity (Wildman–Crippen MR) is 77.3 cm³/mol. The molecule has 0 saturated heterocycles. The van der Waals surface area contributed by atoms with Crippen molar-refractivity contribution >= 4 is 0 Å². The smallest absolute Gasteiger partial charge is 0.0737 e. The van der Waals surface area contributed by atoms with Crippen molar-refractivity contribution in [2.24, 2.45) is 0 Å². The molecule has 0 bridgehead atoms. The Morgan fingerprint density at radius 2 is 1.67 bits per heavy atom. The molecule has 0 aliphatic rings. The van der Waals surface area contributed by atoms with Crippen LogP contribution in [0.1, 0.15) is 59.6 Å². The Balaban J connectivity index is 3.01. The summed E-state index contributed by atoms with van der Waals surface area (Å²) in [6, 6.07) is 10.9. The van der Waals surface area contributed by atoms with E-state index in [0.29, 0.717) is 6.04 Å². The number of rotatable bonds is 5. The second-order valence-corrected chi connectivity index (χ2v) is 5.99. The molecule has 0 heterocycles. The van der Waals surface area contributed by atoms with E-state index in [2.05, 4.69) is 76.9 Å². The quantitative estimate of drug-likeness (QED) is 0.708. The molecule has 0 fully saturated rings. The van der Waals surface area contributed by atoms with Crippen molar-refractivity contribution in [2.45, 2.75) is 65.6 Å². The van der Waals surface area contributed by atoms with E-state index in [1.807, 2.05) is 0 Å². The van der Waals surface area contributed by atoms with Crippen molar-refractivity contribution in [3.05, 3.63) is 35.9 Å². The van der Waals surface area contributed by atoms with Gasteiger partial charge < -0.3 is 0 Å². The summed E-state index contributed by atoms with van der Waals surface area (Å²) < 4.78 is 0. The minimum absolute atomic E-state index is 0.0131. The van der Waals surface area contributed by atoms with Crippen molar-refractivity contribution in [2.75, 3.05) is 0 Å². The fourth-order valence-electron chi connectivity index (χ4n) is 2.14. The zero-order valence-corrected chi connectivity index (χ0v) is 12.6. The highest BCUT2D eigenvalue weighted by Gasteiger charge is 2.30. The molecular formula is C16H27NO. The van der Waals surface area contributed by atoms with E-state index in [0.717, 1.165) is 6.42 Å². The predicted octanol–water partition coefficient (Wildman–Crippen LogP) is 4.58. The Bertz CT molecular complexity index is 340. The second kappa shape index (κ2) is 6.35. The van der Waals surface area contributed by atoms with Crippen LogP contribution in [-0.2, 0) is 4.84 Å². The summed E-state index contributed by atoms with van der Waals surface area (Å²) in [6.45, 7) is 13.0. The van der Waals surface area contributed by atoms with Gasteiger partial charge in [-0.25, -0.2) is 0 Å². The van der Waals surface area contributed by atoms with Crippen LogP contribution < -0.4 is 0 Å².